The Bertz CT molecular complexity index is 975. The predicted octanol–water partition coefficient (Wildman–Crippen LogP) is 4.53. The maximum Gasteiger partial charge on any atom is 0.214 e. The van der Waals surface area contributed by atoms with Gasteiger partial charge >= 0.3 is 0 Å². The summed E-state index contributed by atoms with van der Waals surface area (Å²) < 4.78 is 14.9. The van der Waals surface area contributed by atoms with Gasteiger partial charge in [-0.1, -0.05) is 19.6 Å². The molecular formula is C24H40IN5O3Si. The molecule has 10 heteroatoms. The number of ether oxygens (including phenoxy) is 2. The van der Waals surface area contributed by atoms with E-state index in [-0.39, 0.29) is 11.6 Å². The van der Waals surface area contributed by atoms with Gasteiger partial charge in [-0.2, -0.15) is 0 Å². The molecule has 0 aliphatic carbocycles. The van der Waals surface area contributed by atoms with Crippen LogP contribution >= 0.6 is 22.6 Å². The van der Waals surface area contributed by atoms with Gasteiger partial charge in [0.2, 0.25) is 6.41 Å². The molecule has 8 nitrogen and oxygen atoms in total. The van der Waals surface area contributed by atoms with Crippen LogP contribution in [0.2, 0.25) is 25.7 Å². The Balaban J connectivity index is 1.45. The molecule has 2 bridgehead atoms. The van der Waals surface area contributed by atoms with Crippen molar-refractivity contribution in [1.82, 2.24) is 19.9 Å². The standard InChI is InChI=1S/C24H40IN5O3Si/c1-24(2,3)33-23(31)27-16-11-17-7-8-18(12-16)30(17)20-13-26-21-19(25)14-29(22(21)28-20)15-32-9-10-34(4,5)6/h13-14,16-18,23,27,31H,7-12,15H2,1-6H3/t16?,17-,18+,23?. The zero-order valence-corrected chi connectivity index (χ0v) is 24.5. The molecule has 34 heavy (non-hydrogen) atoms. The molecule has 2 aromatic heterocycles. The number of nitrogens with one attached hydrogen (secondary N) is 1. The van der Waals surface area contributed by atoms with E-state index in [1.165, 1.54) is 0 Å². The minimum atomic E-state index is -1.11. The number of hydrogen-bond acceptors (Lipinski definition) is 7. The smallest absolute Gasteiger partial charge is 0.214 e. The fraction of sp³-hybridized carbons (Fsp3) is 0.750. The highest BCUT2D eigenvalue weighted by atomic mass is 127. The van der Waals surface area contributed by atoms with E-state index in [9.17, 15) is 5.11 Å². The van der Waals surface area contributed by atoms with Gasteiger partial charge in [0.05, 0.1) is 15.4 Å². The summed E-state index contributed by atoms with van der Waals surface area (Å²) in [7, 11) is -1.11. The molecule has 0 saturated carbocycles. The van der Waals surface area contributed by atoms with Crippen molar-refractivity contribution in [2.75, 3.05) is 11.5 Å². The van der Waals surface area contributed by atoms with E-state index in [1.807, 2.05) is 27.0 Å². The van der Waals surface area contributed by atoms with Crippen LogP contribution in [0.15, 0.2) is 12.4 Å². The Hall–Kier alpha value is -0.793. The van der Waals surface area contributed by atoms with Crippen LogP contribution in [0, 0.1) is 3.57 Å². The minimum absolute atomic E-state index is 0.229. The van der Waals surface area contributed by atoms with E-state index in [0.717, 1.165) is 58.9 Å². The minimum Gasteiger partial charge on any atom is -0.361 e. The van der Waals surface area contributed by atoms with E-state index in [2.05, 4.69) is 63.2 Å². The summed E-state index contributed by atoms with van der Waals surface area (Å²) in [6.45, 7) is 14.3. The fourth-order valence-electron chi connectivity index (χ4n) is 5.02. The molecule has 0 aromatic carbocycles. The van der Waals surface area contributed by atoms with E-state index >= 15 is 0 Å². The van der Waals surface area contributed by atoms with Gasteiger partial charge in [0.1, 0.15) is 18.1 Å². The summed E-state index contributed by atoms with van der Waals surface area (Å²) >= 11 is 2.33. The number of aliphatic hydroxyl groups is 1. The van der Waals surface area contributed by atoms with Crippen molar-refractivity contribution in [3.05, 3.63) is 16.0 Å². The van der Waals surface area contributed by atoms with Crippen LogP contribution in [0.4, 0.5) is 5.82 Å². The summed E-state index contributed by atoms with van der Waals surface area (Å²) in [5, 5.41) is 13.6. The number of aromatic nitrogens is 3. The number of nitrogens with zero attached hydrogens (tertiary/aromatic N) is 4. The van der Waals surface area contributed by atoms with Crippen molar-refractivity contribution >= 4 is 47.6 Å². The molecule has 2 fully saturated rings. The first-order valence-electron chi connectivity index (χ1n) is 12.4. The van der Waals surface area contributed by atoms with Gasteiger partial charge in [0.15, 0.2) is 5.65 Å². The Labute approximate surface area is 218 Å². The molecule has 0 spiro atoms. The van der Waals surface area contributed by atoms with Crippen molar-refractivity contribution in [2.45, 2.75) is 109 Å². The lowest BCUT2D eigenvalue weighted by Gasteiger charge is -2.40. The molecule has 4 atom stereocenters. The number of fused-ring (bicyclic) bond motifs is 3. The Morgan fingerprint density at radius 3 is 2.53 bits per heavy atom. The van der Waals surface area contributed by atoms with E-state index in [1.54, 1.807) is 0 Å². The van der Waals surface area contributed by atoms with Gasteiger partial charge in [0.25, 0.3) is 0 Å². The highest BCUT2D eigenvalue weighted by Crippen LogP contribution is 2.39. The molecule has 2 unspecified atom stereocenters. The van der Waals surface area contributed by atoms with Gasteiger partial charge in [-0.25, -0.2) is 9.97 Å². The average Bonchev–Trinajstić information content (AvgIpc) is 3.16. The average molecular weight is 602 g/mol. The topological polar surface area (TPSA) is 84.7 Å². The largest absolute Gasteiger partial charge is 0.361 e. The highest BCUT2D eigenvalue weighted by molar-refractivity contribution is 14.1. The number of anilines is 1. The van der Waals surface area contributed by atoms with Gasteiger partial charge in [0, 0.05) is 39.0 Å². The third-order valence-electron chi connectivity index (χ3n) is 6.58. The third-order valence-corrected chi connectivity index (χ3v) is 9.07. The van der Waals surface area contributed by atoms with Crippen LogP contribution in [-0.4, -0.2) is 64.5 Å². The maximum atomic E-state index is 10.3. The Morgan fingerprint density at radius 1 is 1.24 bits per heavy atom. The van der Waals surface area contributed by atoms with Crippen LogP contribution in [0.3, 0.4) is 0 Å². The van der Waals surface area contributed by atoms with Crippen LogP contribution in [0.5, 0.6) is 0 Å². The molecule has 190 valence electrons. The second kappa shape index (κ2) is 10.3. The molecular weight excluding hydrogens is 561 g/mol. The van der Waals surface area contributed by atoms with Gasteiger partial charge in [-0.05, 0) is 75.1 Å². The number of halogens is 1. The quantitative estimate of drug-likeness (QED) is 0.189. The molecule has 0 radical (unpaired) electrons. The van der Waals surface area contributed by atoms with E-state index in [0.29, 0.717) is 18.8 Å². The molecule has 2 aliphatic rings. The molecule has 2 N–H and O–H groups in total. The molecule has 4 heterocycles. The third kappa shape index (κ3) is 6.50. The summed E-state index contributed by atoms with van der Waals surface area (Å²) in [5.74, 6) is 0.947. The van der Waals surface area contributed by atoms with E-state index in [4.69, 9.17) is 19.4 Å². The first kappa shape index (κ1) is 26.3. The highest BCUT2D eigenvalue weighted by Gasteiger charge is 2.42. The molecule has 2 aliphatic heterocycles. The predicted molar refractivity (Wildman–Crippen MR) is 147 cm³/mol. The van der Waals surface area contributed by atoms with Gasteiger partial charge in [-0.15, -0.1) is 0 Å². The molecule has 0 amide bonds. The summed E-state index contributed by atoms with van der Waals surface area (Å²) in [6, 6.07) is 2.16. The lowest BCUT2D eigenvalue weighted by molar-refractivity contribution is -0.186. The molecule has 2 aromatic rings. The fourth-order valence-corrected chi connectivity index (χ4v) is 6.49. The zero-order valence-electron chi connectivity index (χ0n) is 21.3. The van der Waals surface area contributed by atoms with Crippen molar-refractivity contribution in [3.63, 3.8) is 0 Å². The number of rotatable bonds is 9. The summed E-state index contributed by atoms with van der Waals surface area (Å²) in [4.78, 5) is 12.3. The van der Waals surface area contributed by atoms with Crippen LogP contribution < -0.4 is 10.2 Å². The van der Waals surface area contributed by atoms with Gasteiger partial charge < -0.3 is 24.0 Å². The number of hydrogen-bond donors (Lipinski definition) is 2. The van der Waals surface area contributed by atoms with Gasteiger partial charge in [-0.3, -0.25) is 5.32 Å². The SMILES string of the molecule is CC(C)(C)OC(O)NC1C[C@H]2CC[C@@H](C1)N2c1cnc2c(I)cn(COCC[Si](C)(C)C)c2n1. The number of piperidine rings is 1. The maximum absolute atomic E-state index is 10.3. The zero-order chi connectivity index (χ0) is 24.7. The van der Waals surface area contributed by atoms with Crippen molar-refractivity contribution in [3.8, 4) is 0 Å². The van der Waals surface area contributed by atoms with Crippen LogP contribution in [0.25, 0.3) is 11.2 Å². The Morgan fingerprint density at radius 2 is 1.91 bits per heavy atom. The monoisotopic (exact) mass is 601 g/mol. The first-order valence-corrected chi connectivity index (χ1v) is 17.2. The second-order valence-corrected chi connectivity index (χ2v) is 18.7. The normalized spacial score (nSPS) is 24.2. The lowest BCUT2D eigenvalue weighted by Crippen LogP contribution is -2.53. The summed E-state index contributed by atoms with van der Waals surface area (Å²) in [6.07, 6.45) is 7.26. The number of aliphatic hydroxyl groups excluding tert-OH is 1. The molecule has 4 rings (SSSR count). The van der Waals surface area contributed by atoms with Crippen molar-refractivity contribution < 1.29 is 14.6 Å². The summed E-state index contributed by atoms with van der Waals surface area (Å²) in [5.41, 5.74) is 1.44. The van der Waals surface area contributed by atoms with E-state index < -0.39 is 14.5 Å². The van der Waals surface area contributed by atoms with Crippen molar-refractivity contribution in [1.29, 1.82) is 0 Å². The second-order valence-electron chi connectivity index (χ2n) is 11.9. The first-order chi connectivity index (χ1) is 15.9. The lowest BCUT2D eigenvalue weighted by atomic mass is 9.97. The van der Waals surface area contributed by atoms with Crippen molar-refractivity contribution in [2.24, 2.45) is 0 Å². The van der Waals surface area contributed by atoms with Crippen LogP contribution in [-0.2, 0) is 16.2 Å². The van der Waals surface area contributed by atoms with Crippen LogP contribution in [0.1, 0.15) is 46.5 Å². The Kier molecular flexibility index (Phi) is 7.95. The molecule has 2 saturated heterocycles.